The van der Waals surface area contributed by atoms with Crippen molar-refractivity contribution < 1.29 is 16.8 Å². The Kier molecular flexibility index (Phi) is 6.13. The van der Waals surface area contributed by atoms with Crippen molar-refractivity contribution in [1.82, 2.24) is 0 Å². The fourth-order valence-corrected chi connectivity index (χ4v) is 2.71. The molecule has 2 rings (SSSR count). The number of nitrogens with two attached hydrogens (primary N) is 1. The SMILES string of the molecule is Cc1ccc(S(=O)(=O)Cl)cc1.Cc1ccc(S(N)(=O)=O)cc1. The van der Waals surface area contributed by atoms with E-state index in [0.29, 0.717) is 0 Å². The first-order valence-electron chi connectivity index (χ1n) is 6.11. The molecule has 0 fully saturated rings. The third-order valence-corrected chi connectivity index (χ3v) is 4.95. The quantitative estimate of drug-likeness (QED) is 0.831. The maximum absolute atomic E-state index is 10.7. The lowest BCUT2D eigenvalue weighted by Crippen LogP contribution is -2.11. The molecule has 2 N–H and O–H groups in total. The van der Waals surface area contributed by atoms with Crippen molar-refractivity contribution >= 4 is 29.8 Å². The zero-order valence-corrected chi connectivity index (χ0v) is 14.4. The average molecular weight is 362 g/mol. The lowest BCUT2D eigenvalue weighted by atomic mass is 10.2. The van der Waals surface area contributed by atoms with Crippen LogP contribution in [0, 0.1) is 13.8 Å². The van der Waals surface area contributed by atoms with E-state index in [1.54, 1.807) is 24.3 Å². The van der Waals surface area contributed by atoms with Crippen LogP contribution in [0.4, 0.5) is 0 Å². The van der Waals surface area contributed by atoms with E-state index in [1.165, 1.54) is 24.3 Å². The van der Waals surface area contributed by atoms with E-state index in [4.69, 9.17) is 15.8 Å². The van der Waals surface area contributed by atoms with Crippen LogP contribution in [-0.2, 0) is 19.1 Å². The van der Waals surface area contributed by atoms with Gasteiger partial charge < -0.3 is 0 Å². The van der Waals surface area contributed by atoms with Crippen molar-refractivity contribution in [2.24, 2.45) is 5.14 Å². The number of hydrogen-bond acceptors (Lipinski definition) is 4. The topological polar surface area (TPSA) is 94.3 Å². The second kappa shape index (κ2) is 7.23. The Morgan fingerprint density at radius 1 is 0.727 bits per heavy atom. The van der Waals surface area contributed by atoms with E-state index >= 15 is 0 Å². The Morgan fingerprint density at radius 2 is 1.05 bits per heavy atom. The molecule has 0 atom stereocenters. The molecule has 0 aliphatic rings. The van der Waals surface area contributed by atoms with Gasteiger partial charge in [-0.2, -0.15) is 0 Å². The van der Waals surface area contributed by atoms with Crippen LogP contribution < -0.4 is 5.14 Å². The molecule has 0 radical (unpaired) electrons. The molecule has 0 spiro atoms. The van der Waals surface area contributed by atoms with Crippen LogP contribution in [-0.4, -0.2) is 16.8 Å². The van der Waals surface area contributed by atoms with Crippen molar-refractivity contribution in [3.63, 3.8) is 0 Å². The van der Waals surface area contributed by atoms with Crippen molar-refractivity contribution in [2.75, 3.05) is 0 Å². The van der Waals surface area contributed by atoms with Crippen LogP contribution in [0.25, 0.3) is 0 Å². The zero-order chi connectivity index (χ0) is 17.0. The number of hydrogen-bond donors (Lipinski definition) is 1. The van der Waals surface area contributed by atoms with Crippen LogP contribution in [0.2, 0.25) is 0 Å². The number of aryl methyl sites for hydroxylation is 2. The highest BCUT2D eigenvalue weighted by atomic mass is 35.7. The summed E-state index contributed by atoms with van der Waals surface area (Å²) in [5.74, 6) is 0. The molecule has 120 valence electrons. The predicted octanol–water partition coefficient (Wildman–Crippen LogP) is 2.56. The summed E-state index contributed by atoms with van der Waals surface area (Å²) < 4.78 is 42.9. The predicted molar refractivity (Wildman–Crippen MR) is 86.8 cm³/mol. The Bertz CT molecular complexity index is 754. The van der Waals surface area contributed by atoms with Gasteiger partial charge in [0.1, 0.15) is 0 Å². The van der Waals surface area contributed by atoms with Crippen LogP contribution in [0.15, 0.2) is 58.3 Å². The molecule has 0 aliphatic heterocycles. The fourth-order valence-electron chi connectivity index (χ4n) is 1.43. The van der Waals surface area contributed by atoms with E-state index in [2.05, 4.69) is 0 Å². The number of halogens is 1. The highest BCUT2D eigenvalue weighted by Crippen LogP contribution is 2.14. The van der Waals surface area contributed by atoms with Gasteiger partial charge in [-0.25, -0.2) is 22.0 Å². The second-order valence-corrected chi connectivity index (χ2v) is 8.74. The minimum atomic E-state index is -3.55. The molecule has 5 nitrogen and oxygen atoms in total. The van der Waals surface area contributed by atoms with Crippen LogP contribution in [0.3, 0.4) is 0 Å². The molecule has 0 heterocycles. The summed E-state index contributed by atoms with van der Waals surface area (Å²) in [6.45, 7) is 3.76. The fraction of sp³-hybridized carbons (Fsp3) is 0.143. The minimum Gasteiger partial charge on any atom is -0.225 e. The number of sulfonamides is 1. The van der Waals surface area contributed by atoms with Gasteiger partial charge in [0, 0.05) is 10.7 Å². The first-order chi connectivity index (χ1) is 10.00. The lowest BCUT2D eigenvalue weighted by molar-refractivity contribution is 0.597. The van der Waals surface area contributed by atoms with Gasteiger partial charge in [0.05, 0.1) is 9.79 Å². The molecule has 0 saturated carbocycles. The Morgan fingerprint density at radius 3 is 1.32 bits per heavy atom. The summed E-state index contributed by atoms with van der Waals surface area (Å²) in [5.41, 5.74) is 2.02. The second-order valence-electron chi connectivity index (χ2n) is 4.61. The van der Waals surface area contributed by atoms with Gasteiger partial charge in [0.25, 0.3) is 9.05 Å². The Balaban J connectivity index is 0.000000220. The molecule has 0 bridgehead atoms. The van der Waals surface area contributed by atoms with Crippen molar-refractivity contribution in [1.29, 1.82) is 0 Å². The molecule has 0 saturated heterocycles. The van der Waals surface area contributed by atoms with Crippen molar-refractivity contribution in [3.05, 3.63) is 59.7 Å². The minimum absolute atomic E-state index is 0.143. The summed E-state index contributed by atoms with van der Waals surface area (Å²) in [6.07, 6.45) is 0. The summed E-state index contributed by atoms with van der Waals surface area (Å²) in [6, 6.07) is 12.8. The third-order valence-electron chi connectivity index (χ3n) is 2.65. The maximum Gasteiger partial charge on any atom is 0.261 e. The molecule has 2 aromatic carbocycles. The third kappa shape index (κ3) is 6.15. The summed E-state index contributed by atoms with van der Waals surface area (Å²) in [5, 5.41) is 4.88. The average Bonchev–Trinajstić information content (AvgIpc) is 2.38. The first-order valence-corrected chi connectivity index (χ1v) is 9.96. The van der Waals surface area contributed by atoms with Gasteiger partial charge in [-0.15, -0.1) is 0 Å². The molecule has 0 amide bonds. The van der Waals surface area contributed by atoms with Crippen LogP contribution in [0.1, 0.15) is 11.1 Å². The first kappa shape index (κ1) is 18.6. The number of benzene rings is 2. The monoisotopic (exact) mass is 361 g/mol. The largest absolute Gasteiger partial charge is 0.261 e. The van der Waals surface area contributed by atoms with E-state index in [9.17, 15) is 16.8 Å². The maximum atomic E-state index is 10.7. The molecule has 2 aromatic rings. The van der Waals surface area contributed by atoms with Gasteiger partial charge in [0.15, 0.2) is 0 Å². The normalized spacial score (nSPS) is 11.5. The smallest absolute Gasteiger partial charge is 0.225 e. The number of primary sulfonamides is 1. The molecule has 8 heteroatoms. The highest BCUT2D eigenvalue weighted by Gasteiger charge is 2.07. The molecule has 0 unspecified atom stereocenters. The highest BCUT2D eigenvalue weighted by molar-refractivity contribution is 8.13. The molecular weight excluding hydrogens is 346 g/mol. The van der Waals surface area contributed by atoms with Gasteiger partial charge >= 0.3 is 0 Å². The summed E-state index contributed by atoms with van der Waals surface area (Å²) >= 11 is 0. The Hall–Kier alpha value is -1.41. The van der Waals surface area contributed by atoms with Gasteiger partial charge in [-0.3, -0.25) is 0 Å². The van der Waals surface area contributed by atoms with Gasteiger partial charge in [-0.1, -0.05) is 35.4 Å². The van der Waals surface area contributed by atoms with E-state index < -0.39 is 19.1 Å². The lowest BCUT2D eigenvalue weighted by Gasteiger charge is -1.96. The molecule has 22 heavy (non-hydrogen) atoms. The number of rotatable bonds is 2. The molecule has 0 aromatic heterocycles. The van der Waals surface area contributed by atoms with Gasteiger partial charge in [-0.05, 0) is 38.1 Å². The standard InChI is InChI=1S/C7H7ClO2S.C7H9NO2S/c2*1-6-2-4-7(5-3-6)11(8,9)10/h2-5H,1H3;2-5H,1H3,(H2,8,9,10). The van der Waals surface area contributed by atoms with Crippen LogP contribution >= 0.6 is 10.7 Å². The van der Waals surface area contributed by atoms with E-state index in [0.717, 1.165) is 11.1 Å². The summed E-state index contributed by atoms with van der Waals surface area (Å²) in [7, 11) is -1.98. The van der Waals surface area contributed by atoms with E-state index in [1.807, 2.05) is 13.8 Å². The van der Waals surface area contributed by atoms with Crippen LogP contribution in [0.5, 0.6) is 0 Å². The Labute approximate surface area is 135 Å². The molecule has 0 aliphatic carbocycles. The van der Waals surface area contributed by atoms with Gasteiger partial charge in [0.2, 0.25) is 10.0 Å². The molecular formula is C14H16ClNO4S2. The summed E-state index contributed by atoms with van der Waals surface area (Å²) in [4.78, 5) is 0.299. The van der Waals surface area contributed by atoms with E-state index in [-0.39, 0.29) is 9.79 Å². The van der Waals surface area contributed by atoms with Crippen molar-refractivity contribution in [3.8, 4) is 0 Å². The zero-order valence-electron chi connectivity index (χ0n) is 12.0. The van der Waals surface area contributed by atoms with Crippen molar-refractivity contribution in [2.45, 2.75) is 23.6 Å².